The molecule has 0 aromatic rings. The van der Waals surface area contributed by atoms with E-state index in [1.165, 1.54) is 0 Å². The Morgan fingerprint density at radius 1 is 1.24 bits per heavy atom. The van der Waals surface area contributed by atoms with E-state index < -0.39 is 11.5 Å². The van der Waals surface area contributed by atoms with Crippen LogP contribution in [0.3, 0.4) is 0 Å². The minimum absolute atomic E-state index is 0.0851. The first-order valence-electron chi connectivity index (χ1n) is 7.69. The Hall–Kier alpha value is -1.14. The predicted octanol–water partition coefficient (Wildman–Crippen LogP) is 0.280. The molecule has 0 saturated carbocycles. The zero-order valence-corrected chi connectivity index (χ0v) is 13.6. The van der Waals surface area contributed by atoms with Gasteiger partial charge in [-0.25, -0.2) is 0 Å². The molecule has 0 aromatic carbocycles. The largest absolute Gasteiger partial charge is 0.384 e. The Bertz CT molecular complexity index is 347. The summed E-state index contributed by atoms with van der Waals surface area (Å²) in [5.41, 5.74) is -0.521. The SMILES string of the molecule is COCC1(C(=O)NC(C)C(=O)NCC(C)C)CCNCC1. The topological polar surface area (TPSA) is 79.5 Å². The van der Waals surface area contributed by atoms with Gasteiger partial charge >= 0.3 is 0 Å². The molecule has 0 radical (unpaired) electrons. The lowest BCUT2D eigenvalue weighted by Gasteiger charge is -2.36. The molecule has 122 valence electrons. The summed E-state index contributed by atoms with van der Waals surface area (Å²) in [6.07, 6.45) is 1.46. The maximum absolute atomic E-state index is 12.6. The van der Waals surface area contributed by atoms with Crippen molar-refractivity contribution in [3.63, 3.8) is 0 Å². The number of hydrogen-bond acceptors (Lipinski definition) is 4. The normalized spacial score (nSPS) is 19.1. The molecule has 21 heavy (non-hydrogen) atoms. The molecule has 0 aliphatic carbocycles. The summed E-state index contributed by atoms with van der Waals surface area (Å²) in [5, 5.41) is 8.92. The highest BCUT2D eigenvalue weighted by molar-refractivity contribution is 5.90. The molecule has 3 N–H and O–H groups in total. The number of amides is 2. The highest BCUT2D eigenvalue weighted by atomic mass is 16.5. The molecule has 1 unspecified atom stereocenters. The number of piperidine rings is 1. The second-order valence-corrected chi connectivity index (χ2v) is 6.30. The molecule has 6 nitrogen and oxygen atoms in total. The predicted molar refractivity (Wildman–Crippen MR) is 81.9 cm³/mol. The zero-order valence-electron chi connectivity index (χ0n) is 13.6. The van der Waals surface area contributed by atoms with Gasteiger partial charge in [0.1, 0.15) is 6.04 Å². The second kappa shape index (κ2) is 8.34. The van der Waals surface area contributed by atoms with Gasteiger partial charge in [-0.1, -0.05) is 13.8 Å². The molecular weight excluding hydrogens is 270 g/mol. The summed E-state index contributed by atoms with van der Waals surface area (Å²) < 4.78 is 5.24. The minimum Gasteiger partial charge on any atom is -0.384 e. The van der Waals surface area contributed by atoms with Crippen molar-refractivity contribution >= 4 is 11.8 Å². The Balaban J connectivity index is 2.58. The van der Waals surface area contributed by atoms with Crippen molar-refractivity contribution in [1.29, 1.82) is 0 Å². The lowest BCUT2D eigenvalue weighted by Crippen LogP contribution is -2.54. The highest BCUT2D eigenvalue weighted by Gasteiger charge is 2.40. The van der Waals surface area contributed by atoms with Crippen molar-refractivity contribution in [2.45, 2.75) is 39.7 Å². The van der Waals surface area contributed by atoms with Gasteiger partial charge < -0.3 is 20.7 Å². The Labute approximate surface area is 127 Å². The summed E-state index contributed by atoms with van der Waals surface area (Å²) in [7, 11) is 1.61. The molecule has 1 heterocycles. The summed E-state index contributed by atoms with van der Waals surface area (Å²) in [6.45, 7) is 8.38. The van der Waals surface area contributed by atoms with E-state index in [1.54, 1.807) is 14.0 Å². The number of nitrogens with one attached hydrogen (secondary N) is 3. The third kappa shape index (κ3) is 5.28. The fourth-order valence-electron chi connectivity index (χ4n) is 2.49. The first-order valence-corrected chi connectivity index (χ1v) is 7.69. The molecular formula is C15H29N3O3. The Kier molecular flexibility index (Phi) is 7.11. The van der Waals surface area contributed by atoms with E-state index in [4.69, 9.17) is 4.74 Å². The molecule has 6 heteroatoms. The van der Waals surface area contributed by atoms with Crippen LogP contribution in [0.1, 0.15) is 33.6 Å². The standard InChI is InChI=1S/C15H29N3O3/c1-11(2)9-17-13(19)12(3)18-14(20)15(10-21-4)5-7-16-8-6-15/h11-12,16H,5-10H2,1-4H3,(H,17,19)(H,18,20). The maximum Gasteiger partial charge on any atom is 0.242 e. The van der Waals surface area contributed by atoms with Crippen LogP contribution in [0.5, 0.6) is 0 Å². The van der Waals surface area contributed by atoms with Crippen LogP contribution in [0, 0.1) is 11.3 Å². The van der Waals surface area contributed by atoms with Gasteiger partial charge in [-0.2, -0.15) is 0 Å². The highest BCUT2D eigenvalue weighted by Crippen LogP contribution is 2.29. The van der Waals surface area contributed by atoms with Gasteiger partial charge in [0.15, 0.2) is 0 Å². The molecule has 1 aliphatic rings. The van der Waals surface area contributed by atoms with Crippen molar-refractivity contribution in [2.75, 3.05) is 33.4 Å². The average molecular weight is 299 g/mol. The Morgan fingerprint density at radius 3 is 2.38 bits per heavy atom. The minimum atomic E-state index is -0.528. The smallest absolute Gasteiger partial charge is 0.242 e. The second-order valence-electron chi connectivity index (χ2n) is 6.30. The van der Waals surface area contributed by atoms with Crippen molar-refractivity contribution in [3.05, 3.63) is 0 Å². The van der Waals surface area contributed by atoms with E-state index in [0.717, 1.165) is 25.9 Å². The summed E-state index contributed by atoms with van der Waals surface area (Å²) in [5.74, 6) is 0.165. The van der Waals surface area contributed by atoms with Crippen LogP contribution in [0.25, 0.3) is 0 Å². The number of ether oxygens (including phenoxy) is 1. The molecule has 0 spiro atoms. The molecule has 0 aromatic heterocycles. The summed E-state index contributed by atoms with van der Waals surface area (Å²) >= 11 is 0. The third-order valence-corrected chi connectivity index (χ3v) is 3.89. The number of hydrogen-bond donors (Lipinski definition) is 3. The number of carbonyl (C=O) groups is 2. The first-order chi connectivity index (χ1) is 9.91. The maximum atomic E-state index is 12.6. The van der Waals surface area contributed by atoms with Gasteiger partial charge in [-0.15, -0.1) is 0 Å². The van der Waals surface area contributed by atoms with Gasteiger partial charge in [-0.05, 0) is 38.8 Å². The molecule has 1 saturated heterocycles. The van der Waals surface area contributed by atoms with Crippen LogP contribution in [-0.4, -0.2) is 51.2 Å². The van der Waals surface area contributed by atoms with E-state index >= 15 is 0 Å². The number of rotatable bonds is 7. The molecule has 1 aliphatic heterocycles. The first kappa shape index (κ1) is 17.9. The third-order valence-electron chi connectivity index (χ3n) is 3.89. The lowest BCUT2D eigenvalue weighted by molar-refractivity contribution is -0.139. The van der Waals surface area contributed by atoms with Crippen LogP contribution in [0.4, 0.5) is 0 Å². The van der Waals surface area contributed by atoms with Gasteiger partial charge in [0.25, 0.3) is 0 Å². The lowest BCUT2D eigenvalue weighted by atomic mass is 9.78. The van der Waals surface area contributed by atoms with Crippen molar-refractivity contribution in [3.8, 4) is 0 Å². The van der Waals surface area contributed by atoms with Gasteiger partial charge in [0, 0.05) is 13.7 Å². The average Bonchev–Trinajstić information content (AvgIpc) is 2.45. The number of carbonyl (C=O) groups excluding carboxylic acids is 2. The van der Waals surface area contributed by atoms with Crippen LogP contribution in [0.2, 0.25) is 0 Å². The van der Waals surface area contributed by atoms with Crippen LogP contribution >= 0.6 is 0 Å². The number of methoxy groups -OCH3 is 1. The zero-order chi connectivity index (χ0) is 15.9. The fourth-order valence-corrected chi connectivity index (χ4v) is 2.49. The van der Waals surface area contributed by atoms with E-state index in [0.29, 0.717) is 19.1 Å². The molecule has 0 bridgehead atoms. The van der Waals surface area contributed by atoms with Crippen molar-refractivity contribution in [1.82, 2.24) is 16.0 Å². The van der Waals surface area contributed by atoms with Gasteiger partial charge in [0.2, 0.25) is 11.8 Å². The Morgan fingerprint density at radius 2 is 1.86 bits per heavy atom. The van der Waals surface area contributed by atoms with Gasteiger partial charge in [-0.3, -0.25) is 9.59 Å². The van der Waals surface area contributed by atoms with Crippen molar-refractivity contribution in [2.24, 2.45) is 11.3 Å². The molecule has 1 fully saturated rings. The van der Waals surface area contributed by atoms with Crippen LogP contribution in [0.15, 0.2) is 0 Å². The van der Waals surface area contributed by atoms with E-state index in [-0.39, 0.29) is 11.8 Å². The summed E-state index contributed by atoms with van der Waals surface area (Å²) in [4.78, 5) is 24.5. The van der Waals surface area contributed by atoms with Crippen LogP contribution in [-0.2, 0) is 14.3 Å². The quantitative estimate of drug-likeness (QED) is 0.631. The van der Waals surface area contributed by atoms with E-state index in [2.05, 4.69) is 16.0 Å². The monoisotopic (exact) mass is 299 g/mol. The van der Waals surface area contributed by atoms with E-state index in [1.807, 2.05) is 13.8 Å². The van der Waals surface area contributed by atoms with Crippen LogP contribution < -0.4 is 16.0 Å². The molecule has 1 atom stereocenters. The fraction of sp³-hybridized carbons (Fsp3) is 0.867. The van der Waals surface area contributed by atoms with Crippen molar-refractivity contribution < 1.29 is 14.3 Å². The van der Waals surface area contributed by atoms with E-state index in [9.17, 15) is 9.59 Å². The van der Waals surface area contributed by atoms with Gasteiger partial charge in [0.05, 0.1) is 12.0 Å². The summed E-state index contributed by atoms with van der Waals surface area (Å²) in [6, 6.07) is -0.528. The molecule has 2 amide bonds. The molecule has 1 rings (SSSR count).